The van der Waals surface area contributed by atoms with Crippen LogP contribution in [0.1, 0.15) is 105 Å². The molecule has 0 aliphatic carbocycles. The predicted molar refractivity (Wildman–Crippen MR) is 97.1 cm³/mol. The summed E-state index contributed by atoms with van der Waals surface area (Å²) in [6.45, 7) is 9.49. The molecule has 0 heterocycles. The lowest BCUT2D eigenvalue weighted by Crippen LogP contribution is -2.32. The number of unbranched alkanes of at least 4 members (excludes halogenated alkanes) is 3. The van der Waals surface area contributed by atoms with Crippen molar-refractivity contribution in [2.24, 2.45) is 11.3 Å². The van der Waals surface area contributed by atoms with Crippen LogP contribution in [0.15, 0.2) is 0 Å². The molecule has 22 heavy (non-hydrogen) atoms. The van der Waals surface area contributed by atoms with Crippen LogP contribution in [0.2, 0.25) is 0 Å². The Labute approximate surface area is 139 Å². The van der Waals surface area contributed by atoms with Crippen molar-refractivity contribution in [1.29, 1.82) is 0 Å². The SMILES string of the molecule is CCCCCC(CCC)C(C)(CCC)CC(O)CCCCO. The molecule has 0 amide bonds. The maximum Gasteiger partial charge on any atom is 0.0545 e. The van der Waals surface area contributed by atoms with E-state index < -0.39 is 0 Å². The molecule has 0 aromatic carbocycles. The fourth-order valence-electron chi connectivity index (χ4n) is 4.01. The quantitative estimate of drug-likeness (QED) is 0.380. The molecule has 0 rings (SSSR count). The lowest BCUT2D eigenvalue weighted by atomic mass is 9.66. The minimum absolute atomic E-state index is 0.200. The molecule has 3 unspecified atom stereocenters. The highest BCUT2D eigenvalue weighted by Crippen LogP contribution is 2.43. The number of rotatable bonds is 15. The van der Waals surface area contributed by atoms with Crippen LogP contribution in [0.3, 0.4) is 0 Å². The van der Waals surface area contributed by atoms with Gasteiger partial charge in [0.05, 0.1) is 6.10 Å². The van der Waals surface area contributed by atoms with E-state index in [0.29, 0.717) is 0 Å². The highest BCUT2D eigenvalue weighted by Gasteiger charge is 2.34. The molecule has 0 aliphatic heterocycles. The zero-order chi connectivity index (χ0) is 16.8. The molecule has 2 heteroatoms. The van der Waals surface area contributed by atoms with E-state index in [9.17, 15) is 5.11 Å². The number of aliphatic hydroxyl groups excluding tert-OH is 2. The van der Waals surface area contributed by atoms with Crippen molar-refractivity contribution >= 4 is 0 Å². The average Bonchev–Trinajstić information content (AvgIpc) is 2.47. The molecule has 0 radical (unpaired) electrons. The predicted octanol–water partition coefficient (Wildman–Crippen LogP) is 5.70. The third-order valence-corrected chi connectivity index (χ3v) is 5.25. The second-order valence-corrected chi connectivity index (χ2v) is 7.46. The monoisotopic (exact) mass is 314 g/mol. The molecule has 0 aliphatic rings. The van der Waals surface area contributed by atoms with Gasteiger partial charge in [-0.25, -0.2) is 0 Å². The van der Waals surface area contributed by atoms with Crippen LogP contribution in [-0.4, -0.2) is 22.9 Å². The van der Waals surface area contributed by atoms with Gasteiger partial charge >= 0.3 is 0 Å². The third kappa shape index (κ3) is 9.15. The molecule has 0 saturated carbocycles. The van der Waals surface area contributed by atoms with Gasteiger partial charge in [-0.15, -0.1) is 0 Å². The van der Waals surface area contributed by atoms with Crippen molar-refractivity contribution in [3.8, 4) is 0 Å². The summed E-state index contributed by atoms with van der Waals surface area (Å²) in [5.74, 6) is 0.747. The van der Waals surface area contributed by atoms with Gasteiger partial charge in [0.15, 0.2) is 0 Å². The second kappa shape index (κ2) is 13.4. The van der Waals surface area contributed by atoms with E-state index >= 15 is 0 Å². The molecule has 0 fully saturated rings. The number of aliphatic hydroxyl groups is 2. The van der Waals surface area contributed by atoms with Crippen LogP contribution in [0.25, 0.3) is 0 Å². The Morgan fingerprint density at radius 2 is 1.50 bits per heavy atom. The van der Waals surface area contributed by atoms with Crippen molar-refractivity contribution in [1.82, 2.24) is 0 Å². The zero-order valence-corrected chi connectivity index (χ0v) is 15.7. The molecule has 0 aromatic heterocycles. The Morgan fingerprint density at radius 1 is 0.818 bits per heavy atom. The fourth-order valence-corrected chi connectivity index (χ4v) is 4.01. The molecule has 3 atom stereocenters. The van der Waals surface area contributed by atoms with E-state index in [1.54, 1.807) is 0 Å². The zero-order valence-electron chi connectivity index (χ0n) is 15.7. The highest BCUT2D eigenvalue weighted by atomic mass is 16.3. The first-order chi connectivity index (χ1) is 10.5. The van der Waals surface area contributed by atoms with Crippen molar-refractivity contribution in [2.75, 3.05) is 6.61 Å². The molecule has 0 saturated heterocycles. The van der Waals surface area contributed by atoms with Crippen molar-refractivity contribution in [3.05, 3.63) is 0 Å². The van der Waals surface area contributed by atoms with Crippen LogP contribution in [0.4, 0.5) is 0 Å². The van der Waals surface area contributed by atoms with Gasteiger partial charge in [0.2, 0.25) is 0 Å². The van der Waals surface area contributed by atoms with Crippen LogP contribution >= 0.6 is 0 Å². The summed E-state index contributed by atoms with van der Waals surface area (Å²) in [6, 6.07) is 0. The van der Waals surface area contributed by atoms with Gasteiger partial charge in [0.1, 0.15) is 0 Å². The lowest BCUT2D eigenvalue weighted by Gasteiger charge is -2.40. The van der Waals surface area contributed by atoms with Crippen molar-refractivity contribution in [3.63, 3.8) is 0 Å². The van der Waals surface area contributed by atoms with Crippen LogP contribution in [-0.2, 0) is 0 Å². The first kappa shape index (κ1) is 21.9. The molecule has 2 N–H and O–H groups in total. The molecular formula is C20H42O2. The maximum atomic E-state index is 10.4. The molecule has 2 nitrogen and oxygen atoms in total. The number of hydrogen-bond acceptors (Lipinski definition) is 2. The molecule has 0 bridgehead atoms. The second-order valence-electron chi connectivity index (χ2n) is 7.46. The molecule has 134 valence electrons. The van der Waals surface area contributed by atoms with Gasteiger partial charge in [0.25, 0.3) is 0 Å². The first-order valence-corrected chi connectivity index (χ1v) is 9.82. The fraction of sp³-hybridized carbons (Fsp3) is 1.00. The van der Waals surface area contributed by atoms with Gasteiger partial charge < -0.3 is 10.2 Å². The van der Waals surface area contributed by atoms with Crippen LogP contribution in [0, 0.1) is 11.3 Å². The van der Waals surface area contributed by atoms with Gasteiger partial charge in [-0.2, -0.15) is 0 Å². The normalized spacial score (nSPS) is 17.2. The summed E-state index contributed by atoms with van der Waals surface area (Å²) in [7, 11) is 0. The molecular weight excluding hydrogens is 272 g/mol. The van der Waals surface area contributed by atoms with E-state index in [0.717, 1.165) is 31.6 Å². The standard InChI is InChI=1S/C20H42O2/c1-5-8-9-13-18(12-6-2)20(4,15-7-3)17-19(22)14-10-11-16-21/h18-19,21-22H,5-17H2,1-4H3. The van der Waals surface area contributed by atoms with Gasteiger partial charge in [-0.05, 0) is 49.9 Å². The van der Waals surface area contributed by atoms with Crippen molar-refractivity contribution < 1.29 is 10.2 Å². The van der Waals surface area contributed by atoms with Crippen LogP contribution < -0.4 is 0 Å². The minimum atomic E-state index is -0.200. The van der Waals surface area contributed by atoms with Crippen molar-refractivity contribution in [2.45, 2.75) is 111 Å². The average molecular weight is 315 g/mol. The summed E-state index contributed by atoms with van der Waals surface area (Å²) in [6.07, 6.45) is 13.6. The lowest BCUT2D eigenvalue weighted by molar-refractivity contribution is 0.0440. The Morgan fingerprint density at radius 3 is 2.05 bits per heavy atom. The van der Waals surface area contributed by atoms with Gasteiger partial charge in [-0.3, -0.25) is 0 Å². The smallest absolute Gasteiger partial charge is 0.0545 e. The Bertz CT molecular complexity index is 242. The topological polar surface area (TPSA) is 40.5 Å². The van der Waals surface area contributed by atoms with Crippen LogP contribution in [0.5, 0.6) is 0 Å². The first-order valence-electron chi connectivity index (χ1n) is 9.82. The Kier molecular flexibility index (Phi) is 13.3. The number of hydrogen-bond donors (Lipinski definition) is 2. The maximum absolute atomic E-state index is 10.4. The van der Waals surface area contributed by atoms with E-state index in [1.807, 2.05) is 0 Å². The Hall–Kier alpha value is -0.0800. The summed E-state index contributed by atoms with van der Waals surface area (Å²) in [5, 5.41) is 19.3. The largest absolute Gasteiger partial charge is 0.396 e. The van der Waals surface area contributed by atoms with Gasteiger partial charge in [0, 0.05) is 6.61 Å². The third-order valence-electron chi connectivity index (χ3n) is 5.25. The van der Waals surface area contributed by atoms with Gasteiger partial charge in [-0.1, -0.05) is 66.2 Å². The van der Waals surface area contributed by atoms with E-state index in [1.165, 1.54) is 51.4 Å². The minimum Gasteiger partial charge on any atom is -0.396 e. The van der Waals surface area contributed by atoms with E-state index in [4.69, 9.17) is 5.11 Å². The summed E-state index contributed by atoms with van der Waals surface area (Å²) in [5.41, 5.74) is 0.275. The van der Waals surface area contributed by atoms with E-state index in [-0.39, 0.29) is 18.1 Å². The van der Waals surface area contributed by atoms with E-state index in [2.05, 4.69) is 27.7 Å². The highest BCUT2D eigenvalue weighted by molar-refractivity contribution is 4.85. The summed E-state index contributed by atoms with van der Waals surface area (Å²) in [4.78, 5) is 0. The Balaban J connectivity index is 4.67. The summed E-state index contributed by atoms with van der Waals surface area (Å²) >= 11 is 0. The molecule has 0 aromatic rings. The molecule has 0 spiro atoms. The summed E-state index contributed by atoms with van der Waals surface area (Å²) < 4.78 is 0.